The molecule has 0 fully saturated rings. The minimum atomic E-state index is -0.165. The van der Waals surface area contributed by atoms with Crippen molar-refractivity contribution in [2.24, 2.45) is 10.8 Å². The van der Waals surface area contributed by atoms with Gasteiger partial charge in [-0.25, -0.2) is 0 Å². The fourth-order valence-corrected chi connectivity index (χ4v) is 5.11. The van der Waals surface area contributed by atoms with Crippen LogP contribution in [0.15, 0.2) is 0 Å². The molecule has 2 aliphatic heterocycles. The lowest BCUT2D eigenvalue weighted by molar-refractivity contribution is 0.0692. The summed E-state index contributed by atoms with van der Waals surface area (Å²) in [7, 11) is 2.12. The molecule has 1 atom stereocenters. The Morgan fingerprint density at radius 3 is 2.58 bits per heavy atom. The van der Waals surface area contributed by atoms with E-state index in [0.717, 1.165) is 62.3 Å². The van der Waals surface area contributed by atoms with Gasteiger partial charge in [0.15, 0.2) is 0 Å². The van der Waals surface area contributed by atoms with Gasteiger partial charge in [0.25, 0.3) is 5.91 Å². The van der Waals surface area contributed by atoms with E-state index < -0.39 is 0 Å². The fraction of sp³-hybridized carbons (Fsp3) is 0.810. The predicted molar refractivity (Wildman–Crippen MR) is 105 cm³/mol. The molecule has 1 aromatic heterocycles. The fourth-order valence-electron chi connectivity index (χ4n) is 5.11. The van der Waals surface area contributed by atoms with Crippen LogP contribution in [0.4, 0.5) is 0 Å². The standard InChI is InChI=1S/C21H36N4O/c1-8-21(12-19(2,3)4)13-20(5,6)14-25-17(18(26)22-21)15-11-24(7)10-9-16(15)23-25/h8-14H2,1-7H3,(H,22,26). The Kier molecular flexibility index (Phi) is 4.75. The normalized spacial score (nSPS) is 26.5. The number of hydrogen-bond donors (Lipinski definition) is 1. The van der Waals surface area contributed by atoms with E-state index in [0.29, 0.717) is 0 Å². The molecule has 146 valence electrons. The van der Waals surface area contributed by atoms with Crippen molar-refractivity contribution in [1.82, 2.24) is 20.0 Å². The third kappa shape index (κ3) is 3.83. The first-order valence-corrected chi connectivity index (χ1v) is 10.0. The summed E-state index contributed by atoms with van der Waals surface area (Å²) >= 11 is 0. The van der Waals surface area contributed by atoms with Crippen LogP contribution in [0.2, 0.25) is 0 Å². The van der Waals surface area contributed by atoms with Crippen LogP contribution in [0.3, 0.4) is 0 Å². The average Bonchev–Trinajstić information content (AvgIpc) is 2.79. The summed E-state index contributed by atoms with van der Waals surface area (Å²) in [6, 6.07) is 0. The summed E-state index contributed by atoms with van der Waals surface area (Å²) in [6.07, 6.45) is 3.85. The number of rotatable bonds is 2. The molecular formula is C21H36N4O. The summed E-state index contributed by atoms with van der Waals surface area (Å²) in [5.74, 6) is 0.0654. The van der Waals surface area contributed by atoms with Crippen LogP contribution in [-0.2, 0) is 19.5 Å². The first-order chi connectivity index (χ1) is 11.9. The van der Waals surface area contributed by atoms with Crippen molar-refractivity contribution in [2.45, 2.75) is 85.9 Å². The molecule has 0 saturated carbocycles. The molecule has 26 heavy (non-hydrogen) atoms. The zero-order chi connectivity index (χ0) is 19.3. The summed E-state index contributed by atoms with van der Waals surface area (Å²) in [5.41, 5.74) is 3.12. The number of aromatic nitrogens is 2. The summed E-state index contributed by atoms with van der Waals surface area (Å²) < 4.78 is 2.00. The Hall–Kier alpha value is -1.36. The van der Waals surface area contributed by atoms with Gasteiger partial charge < -0.3 is 10.2 Å². The third-order valence-corrected chi connectivity index (χ3v) is 5.83. The number of nitrogens with one attached hydrogen (secondary N) is 1. The van der Waals surface area contributed by atoms with Gasteiger partial charge in [-0.05, 0) is 37.1 Å². The molecule has 3 rings (SSSR count). The third-order valence-electron chi connectivity index (χ3n) is 5.83. The number of hydrogen-bond acceptors (Lipinski definition) is 3. The van der Waals surface area contributed by atoms with Gasteiger partial charge in [0.2, 0.25) is 0 Å². The van der Waals surface area contributed by atoms with Gasteiger partial charge in [0.1, 0.15) is 5.69 Å². The highest BCUT2D eigenvalue weighted by Crippen LogP contribution is 2.41. The van der Waals surface area contributed by atoms with Crippen LogP contribution >= 0.6 is 0 Å². The van der Waals surface area contributed by atoms with Crippen LogP contribution in [0, 0.1) is 10.8 Å². The molecule has 1 unspecified atom stereocenters. The van der Waals surface area contributed by atoms with E-state index in [9.17, 15) is 4.79 Å². The van der Waals surface area contributed by atoms with Crippen molar-refractivity contribution in [1.29, 1.82) is 0 Å². The van der Waals surface area contributed by atoms with E-state index in [-0.39, 0.29) is 22.3 Å². The molecule has 1 aromatic rings. The van der Waals surface area contributed by atoms with Crippen molar-refractivity contribution in [3.63, 3.8) is 0 Å². The lowest BCUT2D eigenvalue weighted by atomic mass is 9.69. The Labute approximate surface area is 158 Å². The topological polar surface area (TPSA) is 50.2 Å². The zero-order valence-electron chi connectivity index (χ0n) is 17.7. The van der Waals surface area contributed by atoms with Crippen LogP contribution in [0.5, 0.6) is 0 Å². The van der Waals surface area contributed by atoms with Crippen molar-refractivity contribution >= 4 is 5.91 Å². The van der Waals surface area contributed by atoms with E-state index in [2.05, 4.69) is 58.8 Å². The minimum absolute atomic E-state index is 0.0654. The first kappa shape index (κ1) is 19.4. The maximum absolute atomic E-state index is 13.4. The first-order valence-electron chi connectivity index (χ1n) is 10.0. The van der Waals surface area contributed by atoms with Crippen LogP contribution < -0.4 is 5.32 Å². The zero-order valence-corrected chi connectivity index (χ0v) is 17.7. The minimum Gasteiger partial charge on any atom is -0.345 e. The summed E-state index contributed by atoms with van der Waals surface area (Å²) in [6.45, 7) is 16.3. The van der Waals surface area contributed by atoms with Gasteiger partial charge in [-0.3, -0.25) is 9.48 Å². The van der Waals surface area contributed by atoms with E-state index in [4.69, 9.17) is 5.10 Å². The van der Waals surface area contributed by atoms with E-state index in [1.165, 1.54) is 0 Å². The molecule has 5 nitrogen and oxygen atoms in total. The van der Waals surface area contributed by atoms with E-state index >= 15 is 0 Å². The van der Waals surface area contributed by atoms with Crippen LogP contribution in [-0.4, -0.2) is 39.7 Å². The molecule has 0 aliphatic carbocycles. The van der Waals surface area contributed by atoms with Gasteiger partial charge >= 0.3 is 0 Å². The number of carbonyl (C=O) groups is 1. The molecule has 1 N–H and O–H groups in total. The molecule has 0 spiro atoms. The predicted octanol–water partition coefficient (Wildman–Crippen LogP) is 3.62. The second-order valence-electron chi connectivity index (χ2n) is 10.6. The van der Waals surface area contributed by atoms with Crippen molar-refractivity contribution in [3.05, 3.63) is 17.0 Å². The number of likely N-dealkylation sites (N-methyl/N-ethyl adjacent to an activating group) is 1. The summed E-state index contributed by atoms with van der Waals surface area (Å²) in [4.78, 5) is 15.7. The van der Waals surface area contributed by atoms with Crippen LogP contribution in [0.25, 0.3) is 0 Å². The van der Waals surface area contributed by atoms with Gasteiger partial charge in [0, 0.05) is 37.2 Å². The quantitative estimate of drug-likeness (QED) is 0.876. The second-order valence-corrected chi connectivity index (χ2v) is 10.6. The lowest BCUT2D eigenvalue weighted by Crippen LogP contribution is -2.55. The number of amides is 1. The highest BCUT2D eigenvalue weighted by Gasteiger charge is 2.43. The van der Waals surface area contributed by atoms with E-state index in [1.807, 2.05) is 4.68 Å². The number of fused-ring (bicyclic) bond motifs is 3. The van der Waals surface area contributed by atoms with Crippen LogP contribution in [0.1, 0.15) is 82.6 Å². The highest BCUT2D eigenvalue weighted by atomic mass is 16.2. The number of nitrogens with zero attached hydrogens (tertiary/aromatic N) is 3. The summed E-state index contributed by atoms with van der Waals surface area (Å²) in [5, 5.41) is 8.33. The van der Waals surface area contributed by atoms with Gasteiger partial charge in [-0.2, -0.15) is 5.10 Å². The van der Waals surface area contributed by atoms with Crippen molar-refractivity contribution in [3.8, 4) is 0 Å². The SMILES string of the molecule is CCC1(CC(C)(C)C)CC(C)(C)Cn2nc3c(c2C(=O)N1)CN(C)CC3. The molecule has 0 saturated heterocycles. The maximum Gasteiger partial charge on any atom is 0.270 e. The molecule has 2 aliphatic rings. The van der Waals surface area contributed by atoms with Gasteiger partial charge in [-0.15, -0.1) is 0 Å². The Balaban J connectivity index is 2.06. The monoisotopic (exact) mass is 360 g/mol. The molecule has 0 aromatic carbocycles. The molecule has 1 amide bonds. The Morgan fingerprint density at radius 1 is 1.27 bits per heavy atom. The molecule has 3 heterocycles. The largest absolute Gasteiger partial charge is 0.345 e. The van der Waals surface area contributed by atoms with Gasteiger partial charge in [-0.1, -0.05) is 41.5 Å². The molecule has 5 heteroatoms. The molecule has 0 bridgehead atoms. The molecular weight excluding hydrogens is 324 g/mol. The average molecular weight is 361 g/mol. The van der Waals surface area contributed by atoms with Crippen molar-refractivity contribution in [2.75, 3.05) is 13.6 Å². The Bertz CT molecular complexity index is 698. The second kappa shape index (κ2) is 6.36. The lowest BCUT2D eigenvalue weighted by Gasteiger charge is -2.45. The molecule has 0 radical (unpaired) electrons. The maximum atomic E-state index is 13.4. The van der Waals surface area contributed by atoms with E-state index in [1.54, 1.807) is 0 Å². The highest BCUT2D eigenvalue weighted by molar-refractivity contribution is 5.95. The van der Waals surface area contributed by atoms with Crippen molar-refractivity contribution < 1.29 is 4.79 Å². The smallest absolute Gasteiger partial charge is 0.270 e. The Morgan fingerprint density at radius 2 is 1.96 bits per heavy atom. The van der Waals surface area contributed by atoms with Gasteiger partial charge in [0.05, 0.1) is 5.69 Å². The number of carbonyl (C=O) groups excluding carboxylic acids is 1.